The lowest BCUT2D eigenvalue weighted by Crippen LogP contribution is -2.62. The van der Waals surface area contributed by atoms with Gasteiger partial charge in [0, 0.05) is 12.1 Å². The van der Waals surface area contributed by atoms with Crippen LogP contribution in [0.5, 0.6) is 0 Å². The van der Waals surface area contributed by atoms with Crippen LogP contribution in [0.3, 0.4) is 0 Å². The first-order chi connectivity index (χ1) is 6.27. The van der Waals surface area contributed by atoms with Gasteiger partial charge in [0.1, 0.15) is 0 Å². The Kier molecular flexibility index (Phi) is 2.58. The molecule has 0 aromatic heterocycles. The highest BCUT2D eigenvalue weighted by Gasteiger charge is 2.44. The Hall–Kier alpha value is -0.120. The van der Waals surface area contributed by atoms with E-state index in [0.29, 0.717) is 0 Å². The molecule has 1 saturated carbocycles. The van der Waals surface area contributed by atoms with Gasteiger partial charge in [0.15, 0.2) is 0 Å². The van der Waals surface area contributed by atoms with Crippen LogP contribution in [0.2, 0.25) is 0 Å². The lowest BCUT2D eigenvalue weighted by molar-refractivity contribution is -0.111. The van der Waals surface area contributed by atoms with Gasteiger partial charge in [-0.25, -0.2) is 0 Å². The van der Waals surface area contributed by atoms with Crippen LogP contribution in [0.4, 0.5) is 0 Å². The summed E-state index contributed by atoms with van der Waals surface area (Å²) in [5, 5.41) is 12.8. The molecule has 2 unspecified atom stereocenters. The second kappa shape index (κ2) is 3.56. The molecule has 3 heteroatoms. The smallest absolute Gasteiger partial charge is 0.0990 e. The van der Waals surface area contributed by atoms with Crippen molar-refractivity contribution in [2.75, 3.05) is 13.2 Å². The molecule has 0 bridgehead atoms. The fraction of sp³-hybridized carbons (Fsp3) is 1.00. The number of aliphatic hydroxyl groups is 1. The highest BCUT2D eigenvalue weighted by Crippen LogP contribution is 2.36. The molecule has 1 saturated heterocycles. The molecule has 0 amide bonds. The van der Waals surface area contributed by atoms with Crippen LogP contribution in [-0.4, -0.2) is 36.0 Å². The second-order valence-electron chi connectivity index (χ2n) is 4.36. The lowest BCUT2D eigenvalue weighted by atomic mass is 9.88. The molecule has 3 nitrogen and oxygen atoms in total. The summed E-state index contributed by atoms with van der Waals surface area (Å²) >= 11 is 0. The fourth-order valence-corrected chi connectivity index (χ4v) is 2.64. The topological polar surface area (TPSA) is 41.5 Å². The number of morpholine rings is 1. The molecule has 76 valence electrons. The monoisotopic (exact) mass is 185 g/mol. The number of hydrogen-bond donors (Lipinski definition) is 2. The Bertz CT molecular complexity index is 178. The van der Waals surface area contributed by atoms with Gasteiger partial charge in [-0.1, -0.05) is 12.8 Å². The molecule has 2 rings (SSSR count). The number of hydrogen-bond acceptors (Lipinski definition) is 3. The first-order valence-electron chi connectivity index (χ1n) is 5.28. The Morgan fingerprint density at radius 3 is 2.77 bits per heavy atom. The zero-order chi connectivity index (χ0) is 9.31. The Balaban J connectivity index is 2.08. The predicted octanol–water partition coefficient (Wildman–Crippen LogP) is 0.668. The molecule has 2 atom stereocenters. The number of ether oxygens (including phenoxy) is 1. The predicted molar refractivity (Wildman–Crippen MR) is 50.6 cm³/mol. The van der Waals surface area contributed by atoms with Gasteiger partial charge in [0.05, 0.1) is 18.8 Å². The summed E-state index contributed by atoms with van der Waals surface area (Å²) in [6.45, 7) is 3.13. The standard InChI is InChI=1S/C10H19NO2/c1-8-6-11-10(4-2-3-5-10)9(7-12)13-8/h8-9,11-12H,2-7H2,1H3. The lowest BCUT2D eigenvalue weighted by Gasteiger charge is -2.44. The molecular weight excluding hydrogens is 166 g/mol. The van der Waals surface area contributed by atoms with Gasteiger partial charge in [-0.15, -0.1) is 0 Å². The van der Waals surface area contributed by atoms with Crippen LogP contribution in [0.1, 0.15) is 32.6 Å². The maximum atomic E-state index is 9.27. The van der Waals surface area contributed by atoms with E-state index in [1.54, 1.807) is 0 Å². The van der Waals surface area contributed by atoms with Crippen molar-refractivity contribution in [3.05, 3.63) is 0 Å². The summed E-state index contributed by atoms with van der Waals surface area (Å²) in [6, 6.07) is 0. The van der Waals surface area contributed by atoms with Gasteiger partial charge in [-0.05, 0) is 19.8 Å². The van der Waals surface area contributed by atoms with E-state index in [-0.39, 0.29) is 24.4 Å². The van der Waals surface area contributed by atoms with E-state index in [9.17, 15) is 5.11 Å². The van der Waals surface area contributed by atoms with E-state index in [1.165, 1.54) is 12.8 Å². The van der Waals surface area contributed by atoms with Crippen LogP contribution >= 0.6 is 0 Å². The molecule has 1 aliphatic heterocycles. The van der Waals surface area contributed by atoms with E-state index < -0.39 is 0 Å². The third-order valence-corrected chi connectivity index (χ3v) is 3.42. The van der Waals surface area contributed by atoms with Crippen molar-refractivity contribution in [1.29, 1.82) is 0 Å². The number of rotatable bonds is 1. The minimum absolute atomic E-state index is 0.0127. The minimum atomic E-state index is 0.0127. The van der Waals surface area contributed by atoms with Crippen LogP contribution < -0.4 is 5.32 Å². The van der Waals surface area contributed by atoms with Gasteiger partial charge in [-0.3, -0.25) is 0 Å². The fourth-order valence-electron chi connectivity index (χ4n) is 2.64. The van der Waals surface area contributed by atoms with Gasteiger partial charge >= 0.3 is 0 Å². The first kappa shape index (κ1) is 9.44. The SMILES string of the molecule is CC1CNC2(CCCC2)C(CO)O1. The van der Waals surface area contributed by atoms with Gasteiger partial charge < -0.3 is 15.2 Å². The zero-order valence-electron chi connectivity index (χ0n) is 8.25. The molecule has 2 N–H and O–H groups in total. The van der Waals surface area contributed by atoms with Crippen molar-refractivity contribution >= 4 is 0 Å². The average Bonchev–Trinajstić information content (AvgIpc) is 2.59. The Morgan fingerprint density at radius 2 is 2.15 bits per heavy atom. The van der Waals surface area contributed by atoms with E-state index in [0.717, 1.165) is 19.4 Å². The quantitative estimate of drug-likeness (QED) is 0.631. The van der Waals surface area contributed by atoms with Crippen molar-refractivity contribution in [3.8, 4) is 0 Å². The molecule has 2 fully saturated rings. The van der Waals surface area contributed by atoms with Crippen molar-refractivity contribution in [3.63, 3.8) is 0 Å². The van der Waals surface area contributed by atoms with E-state index in [1.807, 2.05) is 0 Å². The maximum Gasteiger partial charge on any atom is 0.0990 e. The molecule has 1 aliphatic carbocycles. The molecular formula is C10H19NO2. The molecule has 0 aromatic carbocycles. The van der Waals surface area contributed by atoms with E-state index >= 15 is 0 Å². The summed E-state index contributed by atoms with van der Waals surface area (Å²) in [5.74, 6) is 0. The van der Waals surface area contributed by atoms with E-state index in [2.05, 4.69) is 12.2 Å². The van der Waals surface area contributed by atoms with Crippen molar-refractivity contribution in [2.45, 2.75) is 50.4 Å². The van der Waals surface area contributed by atoms with Gasteiger partial charge in [0.2, 0.25) is 0 Å². The zero-order valence-corrected chi connectivity index (χ0v) is 8.25. The van der Waals surface area contributed by atoms with Crippen molar-refractivity contribution < 1.29 is 9.84 Å². The first-order valence-corrected chi connectivity index (χ1v) is 5.28. The third kappa shape index (κ3) is 1.60. The van der Waals surface area contributed by atoms with Crippen LogP contribution in [0, 0.1) is 0 Å². The molecule has 1 heterocycles. The maximum absolute atomic E-state index is 9.27. The van der Waals surface area contributed by atoms with Gasteiger partial charge in [0.25, 0.3) is 0 Å². The van der Waals surface area contributed by atoms with Gasteiger partial charge in [-0.2, -0.15) is 0 Å². The minimum Gasteiger partial charge on any atom is -0.394 e. The van der Waals surface area contributed by atoms with Crippen LogP contribution in [0.15, 0.2) is 0 Å². The molecule has 0 aromatic rings. The summed E-state index contributed by atoms with van der Waals surface area (Å²) in [5.41, 5.74) is 0.0985. The Labute approximate surface area is 79.5 Å². The largest absolute Gasteiger partial charge is 0.394 e. The number of aliphatic hydroxyl groups excluding tert-OH is 1. The summed E-state index contributed by atoms with van der Waals surface area (Å²) in [4.78, 5) is 0. The third-order valence-electron chi connectivity index (χ3n) is 3.42. The second-order valence-corrected chi connectivity index (χ2v) is 4.36. The van der Waals surface area contributed by atoms with Crippen LogP contribution in [0.25, 0.3) is 0 Å². The highest BCUT2D eigenvalue weighted by molar-refractivity contribution is 5.01. The normalized spacial score (nSPS) is 38.3. The molecule has 0 radical (unpaired) electrons. The molecule has 1 spiro atoms. The molecule has 13 heavy (non-hydrogen) atoms. The summed E-state index contributed by atoms with van der Waals surface area (Å²) < 4.78 is 5.76. The summed E-state index contributed by atoms with van der Waals surface area (Å²) in [6.07, 6.45) is 5.10. The van der Waals surface area contributed by atoms with Crippen molar-refractivity contribution in [2.24, 2.45) is 0 Å². The number of nitrogens with one attached hydrogen (secondary N) is 1. The average molecular weight is 185 g/mol. The Morgan fingerprint density at radius 1 is 1.46 bits per heavy atom. The van der Waals surface area contributed by atoms with Crippen molar-refractivity contribution in [1.82, 2.24) is 5.32 Å². The highest BCUT2D eigenvalue weighted by atomic mass is 16.5. The van der Waals surface area contributed by atoms with E-state index in [4.69, 9.17) is 4.74 Å². The van der Waals surface area contributed by atoms with Crippen LogP contribution in [-0.2, 0) is 4.74 Å². The molecule has 2 aliphatic rings. The summed E-state index contributed by atoms with van der Waals surface area (Å²) in [7, 11) is 0.